The van der Waals surface area contributed by atoms with Crippen molar-refractivity contribution < 1.29 is 8.42 Å². The Bertz CT molecular complexity index is 583. The Labute approximate surface area is 133 Å². The Morgan fingerprint density at radius 1 is 1.29 bits per heavy atom. The summed E-state index contributed by atoms with van der Waals surface area (Å²) >= 11 is 6.12. The first-order valence-corrected chi connectivity index (χ1v) is 8.89. The number of rotatable bonds is 7. The summed E-state index contributed by atoms with van der Waals surface area (Å²) in [7, 11) is -1.72. The number of hydrogen-bond donors (Lipinski definition) is 2. The van der Waals surface area contributed by atoms with Crippen LogP contribution in [0.4, 0.5) is 0 Å². The van der Waals surface area contributed by atoms with Crippen LogP contribution in [0.3, 0.4) is 0 Å². The highest BCUT2D eigenvalue weighted by Crippen LogP contribution is 2.26. The van der Waals surface area contributed by atoms with E-state index < -0.39 is 10.0 Å². The molecule has 21 heavy (non-hydrogen) atoms. The first-order valence-electron chi connectivity index (χ1n) is 7.03. The number of hydrogen-bond acceptors (Lipinski definition) is 3. The van der Waals surface area contributed by atoms with Crippen LogP contribution in [0, 0.1) is 11.3 Å². The van der Waals surface area contributed by atoms with Crippen molar-refractivity contribution in [2.45, 2.75) is 39.1 Å². The van der Waals surface area contributed by atoms with Crippen molar-refractivity contribution in [3.05, 3.63) is 28.8 Å². The van der Waals surface area contributed by atoms with Gasteiger partial charge in [-0.25, -0.2) is 13.1 Å². The van der Waals surface area contributed by atoms with Crippen molar-refractivity contribution in [3.8, 4) is 0 Å². The molecule has 0 spiro atoms. The molecule has 0 unspecified atom stereocenters. The largest absolute Gasteiger partial charge is 0.316 e. The molecule has 1 rings (SSSR count). The number of halogens is 1. The smallest absolute Gasteiger partial charge is 0.240 e. The van der Waals surface area contributed by atoms with E-state index in [0.29, 0.717) is 24.0 Å². The van der Waals surface area contributed by atoms with E-state index in [-0.39, 0.29) is 10.3 Å². The predicted molar refractivity (Wildman–Crippen MR) is 88.0 cm³/mol. The Morgan fingerprint density at radius 3 is 2.38 bits per heavy atom. The molecule has 0 saturated heterocycles. The first kappa shape index (κ1) is 18.4. The van der Waals surface area contributed by atoms with Gasteiger partial charge in [0.1, 0.15) is 0 Å². The summed E-state index contributed by atoms with van der Waals surface area (Å²) in [5.41, 5.74) is 0.767. The molecule has 0 aliphatic rings. The normalized spacial score (nSPS) is 12.9. The molecule has 0 heterocycles. The highest BCUT2D eigenvalue weighted by atomic mass is 35.5. The van der Waals surface area contributed by atoms with Crippen LogP contribution in [0.5, 0.6) is 0 Å². The van der Waals surface area contributed by atoms with Gasteiger partial charge in [-0.05, 0) is 36.1 Å². The predicted octanol–water partition coefficient (Wildman–Crippen LogP) is 3.02. The highest BCUT2D eigenvalue weighted by molar-refractivity contribution is 7.89. The van der Waals surface area contributed by atoms with Crippen LogP contribution in [0.1, 0.15) is 33.3 Å². The lowest BCUT2D eigenvalue weighted by Gasteiger charge is -2.29. The Hall–Kier alpha value is -0.620. The quantitative estimate of drug-likeness (QED) is 0.807. The molecule has 0 bridgehead atoms. The van der Waals surface area contributed by atoms with Crippen LogP contribution < -0.4 is 10.0 Å². The maximum atomic E-state index is 12.3. The molecule has 0 aromatic heterocycles. The molecule has 120 valence electrons. The average molecular weight is 333 g/mol. The molecule has 0 atom stereocenters. The average Bonchev–Trinajstić information content (AvgIpc) is 2.39. The van der Waals surface area contributed by atoms with Gasteiger partial charge in [-0.15, -0.1) is 0 Å². The fourth-order valence-corrected chi connectivity index (χ4v) is 3.16. The van der Waals surface area contributed by atoms with E-state index in [9.17, 15) is 8.42 Å². The van der Waals surface area contributed by atoms with Crippen LogP contribution in [-0.4, -0.2) is 22.0 Å². The van der Waals surface area contributed by atoms with Gasteiger partial charge in [-0.1, -0.05) is 45.4 Å². The molecule has 1 aromatic carbocycles. The van der Waals surface area contributed by atoms with Gasteiger partial charge >= 0.3 is 0 Å². The van der Waals surface area contributed by atoms with Crippen molar-refractivity contribution >= 4 is 21.6 Å². The molecular weight excluding hydrogens is 308 g/mol. The lowest BCUT2D eigenvalue weighted by atomic mass is 9.81. The van der Waals surface area contributed by atoms with Gasteiger partial charge in [0, 0.05) is 18.1 Å². The lowest BCUT2D eigenvalue weighted by Crippen LogP contribution is -2.36. The highest BCUT2D eigenvalue weighted by Gasteiger charge is 2.25. The molecule has 0 aliphatic heterocycles. The van der Waals surface area contributed by atoms with E-state index >= 15 is 0 Å². The summed E-state index contributed by atoms with van der Waals surface area (Å²) < 4.78 is 27.3. The van der Waals surface area contributed by atoms with Gasteiger partial charge in [-0.2, -0.15) is 0 Å². The van der Waals surface area contributed by atoms with Crippen molar-refractivity contribution in [3.63, 3.8) is 0 Å². The third-order valence-corrected chi connectivity index (χ3v) is 5.73. The number of nitrogens with one attached hydrogen (secondary N) is 2. The van der Waals surface area contributed by atoms with Crippen molar-refractivity contribution in [2.24, 2.45) is 11.3 Å². The van der Waals surface area contributed by atoms with Crippen LogP contribution in [-0.2, 0) is 16.6 Å². The summed E-state index contributed by atoms with van der Waals surface area (Å²) in [6.07, 6.45) is 0. The number of benzene rings is 1. The Kier molecular flexibility index (Phi) is 6.23. The fraction of sp³-hybridized carbons (Fsp3) is 0.600. The van der Waals surface area contributed by atoms with Gasteiger partial charge < -0.3 is 5.32 Å². The van der Waals surface area contributed by atoms with E-state index in [2.05, 4.69) is 23.9 Å². The molecule has 4 nitrogen and oxygen atoms in total. The molecule has 0 radical (unpaired) electrons. The van der Waals surface area contributed by atoms with Crippen LogP contribution in [0.25, 0.3) is 0 Å². The maximum Gasteiger partial charge on any atom is 0.240 e. The summed E-state index contributed by atoms with van der Waals surface area (Å²) in [5, 5.41) is 3.45. The second-order valence-electron chi connectivity index (χ2n) is 6.25. The Morgan fingerprint density at radius 2 is 1.90 bits per heavy atom. The molecule has 0 amide bonds. The minimum Gasteiger partial charge on any atom is -0.316 e. The minimum absolute atomic E-state index is 0.108. The van der Waals surface area contributed by atoms with Crippen molar-refractivity contribution in [2.75, 3.05) is 13.6 Å². The van der Waals surface area contributed by atoms with Crippen molar-refractivity contribution in [1.82, 2.24) is 10.0 Å². The topological polar surface area (TPSA) is 58.2 Å². The summed E-state index contributed by atoms with van der Waals surface area (Å²) in [6.45, 7) is 9.25. The van der Waals surface area contributed by atoms with Gasteiger partial charge in [0.2, 0.25) is 10.0 Å². The van der Waals surface area contributed by atoms with Crippen LogP contribution >= 0.6 is 11.6 Å². The monoisotopic (exact) mass is 332 g/mol. The molecule has 1 aromatic rings. The van der Waals surface area contributed by atoms with Crippen LogP contribution in [0.15, 0.2) is 23.1 Å². The van der Waals surface area contributed by atoms with E-state index in [1.165, 1.54) is 6.07 Å². The Balaban J connectivity index is 2.91. The van der Waals surface area contributed by atoms with E-state index in [4.69, 9.17) is 11.6 Å². The minimum atomic E-state index is -3.54. The summed E-state index contributed by atoms with van der Waals surface area (Å²) in [5.74, 6) is 0.377. The molecular formula is C15H25ClN2O2S. The van der Waals surface area contributed by atoms with Gasteiger partial charge in [0.05, 0.1) is 4.90 Å². The molecule has 6 heteroatoms. The zero-order chi connectivity index (χ0) is 16.3. The van der Waals surface area contributed by atoms with Gasteiger partial charge in [0.25, 0.3) is 0 Å². The third kappa shape index (κ3) is 4.95. The van der Waals surface area contributed by atoms with Gasteiger partial charge in [0.15, 0.2) is 0 Å². The fourth-order valence-electron chi connectivity index (χ4n) is 1.60. The number of sulfonamides is 1. The molecule has 0 aliphatic carbocycles. The second-order valence-corrected chi connectivity index (χ2v) is 8.43. The van der Waals surface area contributed by atoms with Crippen molar-refractivity contribution in [1.29, 1.82) is 0 Å². The van der Waals surface area contributed by atoms with Crippen LogP contribution in [0.2, 0.25) is 5.02 Å². The van der Waals surface area contributed by atoms with E-state index in [0.717, 1.165) is 5.56 Å². The second kappa shape index (κ2) is 7.09. The molecule has 0 saturated carbocycles. The summed E-state index contributed by atoms with van der Waals surface area (Å²) in [4.78, 5) is 0.201. The zero-order valence-corrected chi connectivity index (χ0v) is 14.9. The lowest BCUT2D eigenvalue weighted by molar-refractivity contribution is 0.252. The van der Waals surface area contributed by atoms with Gasteiger partial charge in [-0.3, -0.25) is 0 Å². The molecule has 0 fully saturated rings. The van der Waals surface area contributed by atoms with E-state index in [1.54, 1.807) is 12.1 Å². The standard InChI is InChI=1S/C15H25ClN2O2S/c1-11(2)15(3,4)10-18-21(19,20)13-7-6-12(9-17-5)14(16)8-13/h6-8,11,17-18H,9-10H2,1-5H3. The zero-order valence-electron chi connectivity index (χ0n) is 13.3. The molecule has 2 N–H and O–H groups in total. The SMILES string of the molecule is CNCc1ccc(S(=O)(=O)NCC(C)(C)C(C)C)cc1Cl. The summed E-state index contributed by atoms with van der Waals surface area (Å²) in [6, 6.07) is 4.82. The maximum absolute atomic E-state index is 12.3. The third-order valence-electron chi connectivity index (χ3n) is 3.98. The van der Waals surface area contributed by atoms with E-state index in [1.807, 2.05) is 20.9 Å². The first-order chi connectivity index (χ1) is 9.60.